The first-order valence-corrected chi connectivity index (χ1v) is 11.6. The average Bonchev–Trinajstić information content (AvgIpc) is 3.36. The second-order valence-corrected chi connectivity index (χ2v) is 9.30. The van der Waals surface area contributed by atoms with Crippen LogP contribution in [-0.4, -0.2) is 65.6 Å². The van der Waals surface area contributed by atoms with Gasteiger partial charge in [-0.25, -0.2) is 14.4 Å². The van der Waals surface area contributed by atoms with Gasteiger partial charge in [0, 0.05) is 17.9 Å². The summed E-state index contributed by atoms with van der Waals surface area (Å²) in [5.74, 6) is 1.00. The van der Waals surface area contributed by atoms with Gasteiger partial charge in [0.25, 0.3) is 0 Å². The molecule has 5 heterocycles. The highest BCUT2D eigenvalue weighted by atomic mass is 19.1. The van der Waals surface area contributed by atoms with Gasteiger partial charge in [0.2, 0.25) is 0 Å². The Kier molecular flexibility index (Phi) is 4.99. The van der Waals surface area contributed by atoms with Crippen LogP contribution in [0.2, 0.25) is 0 Å². The molecule has 0 saturated carbocycles. The Bertz CT molecular complexity index is 1080. The van der Waals surface area contributed by atoms with Crippen LogP contribution < -0.4 is 15.5 Å². The zero-order valence-corrected chi connectivity index (χ0v) is 18.1. The normalized spacial score (nSPS) is 24.7. The molecule has 0 amide bonds. The number of anilines is 2. The van der Waals surface area contributed by atoms with Crippen LogP contribution in [0.15, 0.2) is 36.7 Å². The van der Waals surface area contributed by atoms with E-state index in [4.69, 9.17) is 4.74 Å². The molecule has 3 saturated heterocycles. The first-order valence-electron chi connectivity index (χ1n) is 11.6. The van der Waals surface area contributed by atoms with Gasteiger partial charge in [0.15, 0.2) is 0 Å². The first kappa shape index (κ1) is 19.9. The zero-order chi connectivity index (χ0) is 21.5. The molecule has 3 aliphatic rings. The van der Waals surface area contributed by atoms with Gasteiger partial charge < -0.3 is 25.3 Å². The Hall–Kier alpha value is -2.71. The van der Waals surface area contributed by atoms with Gasteiger partial charge in [-0.2, -0.15) is 0 Å². The molecule has 1 aromatic carbocycles. The number of halogens is 1. The summed E-state index contributed by atoms with van der Waals surface area (Å²) in [6, 6.07) is 11.1. The molecule has 0 spiro atoms. The van der Waals surface area contributed by atoms with Crippen molar-refractivity contribution in [2.75, 3.05) is 43.1 Å². The molecule has 3 aliphatic heterocycles. The molecular formula is C24H29FN6O. The number of nitrogens with one attached hydrogen (secondary N) is 3. The number of aromatic nitrogens is 3. The van der Waals surface area contributed by atoms with Crippen molar-refractivity contribution in [1.82, 2.24) is 20.3 Å². The van der Waals surface area contributed by atoms with Crippen molar-refractivity contribution in [2.45, 2.75) is 43.4 Å². The van der Waals surface area contributed by atoms with Crippen molar-refractivity contribution in [2.24, 2.45) is 0 Å². The molecule has 3 aromatic rings. The fraction of sp³-hybridized carbons (Fsp3) is 0.500. The minimum absolute atomic E-state index is 0.348. The van der Waals surface area contributed by atoms with Crippen LogP contribution in [0.3, 0.4) is 0 Å². The van der Waals surface area contributed by atoms with Crippen LogP contribution in [-0.2, 0) is 4.74 Å². The van der Waals surface area contributed by atoms with E-state index < -0.39 is 5.67 Å². The number of benzene rings is 1. The van der Waals surface area contributed by atoms with Crippen molar-refractivity contribution < 1.29 is 9.13 Å². The van der Waals surface area contributed by atoms with E-state index in [0.29, 0.717) is 31.5 Å². The third-order valence-electron chi connectivity index (χ3n) is 7.19. The van der Waals surface area contributed by atoms with E-state index >= 15 is 0 Å². The molecule has 3 N–H and O–H groups in total. The molecule has 168 valence electrons. The smallest absolute Gasteiger partial charge is 0.143 e. The molecule has 2 unspecified atom stereocenters. The Morgan fingerprint density at radius 1 is 1.09 bits per heavy atom. The molecule has 2 atom stereocenters. The SMILES string of the molecule is FC1(CNc2ccc(-c3cc4c(N5C6CCC5COC6)ncnc4[nH]3)cc2)CCNCC1. The highest BCUT2D eigenvalue weighted by molar-refractivity contribution is 5.92. The summed E-state index contributed by atoms with van der Waals surface area (Å²) in [6.45, 7) is 3.37. The predicted molar refractivity (Wildman–Crippen MR) is 124 cm³/mol. The van der Waals surface area contributed by atoms with E-state index in [1.165, 1.54) is 0 Å². The van der Waals surface area contributed by atoms with E-state index in [1.54, 1.807) is 6.33 Å². The molecule has 3 fully saturated rings. The van der Waals surface area contributed by atoms with Gasteiger partial charge in [-0.1, -0.05) is 12.1 Å². The van der Waals surface area contributed by atoms with Gasteiger partial charge >= 0.3 is 0 Å². The summed E-state index contributed by atoms with van der Waals surface area (Å²) in [6.07, 6.45) is 5.06. The average molecular weight is 437 g/mol. The van der Waals surface area contributed by atoms with Gasteiger partial charge in [-0.3, -0.25) is 0 Å². The Morgan fingerprint density at radius 2 is 1.84 bits per heavy atom. The van der Waals surface area contributed by atoms with E-state index in [9.17, 15) is 4.39 Å². The second-order valence-electron chi connectivity index (χ2n) is 9.30. The lowest BCUT2D eigenvalue weighted by molar-refractivity contribution is 0.0904. The fourth-order valence-corrected chi connectivity index (χ4v) is 5.34. The summed E-state index contributed by atoms with van der Waals surface area (Å²) in [5.41, 5.74) is 2.74. The number of fused-ring (bicyclic) bond motifs is 3. The molecule has 7 nitrogen and oxygen atoms in total. The number of rotatable bonds is 5. The van der Waals surface area contributed by atoms with E-state index in [1.807, 2.05) is 12.1 Å². The van der Waals surface area contributed by atoms with E-state index in [0.717, 1.165) is 72.9 Å². The number of aromatic amines is 1. The van der Waals surface area contributed by atoms with Gasteiger partial charge in [-0.05, 0) is 62.5 Å². The van der Waals surface area contributed by atoms with Crippen LogP contribution in [0, 0.1) is 0 Å². The van der Waals surface area contributed by atoms with Gasteiger partial charge in [0.05, 0.1) is 30.7 Å². The second kappa shape index (κ2) is 8.01. The highest BCUT2D eigenvalue weighted by Crippen LogP contribution is 2.37. The van der Waals surface area contributed by atoms with Crippen LogP contribution in [0.1, 0.15) is 25.7 Å². The third kappa shape index (κ3) is 3.61. The van der Waals surface area contributed by atoms with Crippen molar-refractivity contribution in [3.05, 3.63) is 36.7 Å². The van der Waals surface area contributed by atoms with Gasteiger partial charge in [-0.15, -0.1) is 0 Å². The number of hydrogen-bond acceptors (Lipinski definition) is 6. The molecular weight excluding hydrogens is 407 g/mol. The summed E-state index contributed by atoms with van der Waals surface area (Å²) in [7, 11) is 0. The molecule has 8 heteroatoms. The molecule has 6 rings (SSSR count). The maximum atomic E-state index is 14.8. The lowest BCUT2D eigenvalue weighted by Gasteiger charge is -2.35. The molecule has 2 bridgehead atoms. The van der Waals surface area contributed by atoms with E-state index in [2.05, 4.69) is 48.7 Å². The third-order valence-corrected chi connectivity index (χ3v) is 7.19. The number of H-pyrrole nitrogens is 1. The summed E-state index contributed by atoms with van der Waals surface area (Å²) in [5, 5.41) is 7.54. The number of ether oxygens (including phenoxy) is 1. The van der Waals surface area contributed by atoms with Crippen molar-refractivity contribution in [3.8, 4) is 11.3 Å². The number of morpholine rings is 1. The molecule has 0 radical (unpaired) electrons. The minimum Gasteiger partial charge on any atom is -0.382 e. The number of piperidine rings is 1. The minimum atomic E-state index is -1.13. The summed E-state index contributed by atoms with van der Waals surface area (Å²) in [4.78, 5) is 15.0. The Labute approximate surface area is 186 Å². The fourth-order valence-electron chi connectivity index (χ4n) is 5.34. The van der Waals surface area contributed by atoms with Gasteiger partial charge in [0.1, 0.15) is 23.5 Å². The lowest BCUT2D eigenvalue weighted by Crippen LogP contribution is -2.46. The topological polar surface area (TPSA) is 78.1 Å². The lowest BCUT2D eigenvalue weighted by atomic mass is 9.94. The molecule has 0 aliphatic carbocycles. The number of alkyl halides is 1. The van der Waals surface area contributed by atoms with Crippen molar-refractivity contribution >= 4 is 22.5 Å². The maximum Gasteiger partial charge on any atom is 0.143 e. The Morgan fingerprint density at radius 3 is 2.59 bits per heavy atom. The van der Waals surface area contributed by atoms with Crippen LogP contribution in [0.25, 0.3) is 22.3 Å². The Balaban J connectivity index is 1.22. The zero-order valence-electron chi connectivity index (χ0n) is 18.1. The van der Waals surface area contributed by atoms with Crippen LogP contribution in [0.5, 0.6) is 0 Å². The predicted octanol–water partition coefficient (Wildman–Crippen LogP) is 3.50. The summed E-state index contributed by atoms with van der Waals surface area (Å²) < 4.78 is 20.6. The maximum absolute atomic E-state index is 14.8. The van der Waals surface area contributed by atoms with Crippen LogP contribution >= 0.6 is 0 Å². The van der Waals surface area contributed by atoms with Crippen molar-refractivity contribution in [3.63, 3.8) is 0 Å². The quantitative estimate of drug-likeness (QED) is 0.568. The van der Waals surface area contributed by atoms with Crippen LogP contribution in [0.4, 0.5) is 15.9 Å². The molecule has 32 heavy (non-hydrogen) atoms. The monoisotopic (exact) mass is 436 g/mol. The highest BCUT2D eigenvalue weighted by Gasteiger charge is 2.39. The summed E-state index contributed by atoms with van der Waals surface area (Å²) >= 11 is 0. The van der Waals surface area contributed by atoms with Crippen molar-refractivity contribution in [1.29, 1.82) is 0 Å². The molecule has 2 aromatic heterocycles. The van der Waals surface area contributed by atoms with E-state index in [-0.39, 0.29) is 0 Å². The number of nitrogens with zero attached hydrogens (tertiary/aromatic N) is 3. The first-order chi connectivity index (χ1) is 15.7. The standard InChI is InChI=1S/C24H29FN6O/c25-24(7-9-26-10-8-24)14-27-17-3-1-16(2-4-17)21-11-20-22(30-21)28-15-29-23(20)31-18-5-6-19(31)13-32-12-18/h1-4,11,15,18-19,26-27H,5-10,12-14H2,(H,28,29,30). The number of hydrogen-bond donors (Lipinski definition) is 3. The largest absolute Gasteiger partial charge is 0.382 e.